The first-order valence-electron chi connectivity index (χ1n) is 5.83. The van der Waals surface area contributed by atoms with Crippen LogP contribution >= 0.6 is 0 Å². The molecule has 0 atom stereocenters. The van der Waals surface area contributed by atoms with Crippen LogP contribution in [0, 0.1) is 0 Å². The predicted octanol–water partition coefficient (Wildman–Crippen LogP) is 1.54. The molecule has 1 aromatic rings. The third-order valence-corrected chi connectivity index (χ3v) is 3.69. The van der Waals surface area contributed by atoms with Gasteiger partial charge in [0, 0.05) is 5.41 Å². The molecule has 1 heterocycles. The Morgan fingerprint density at radius 3 is 2.44 bits per heavy atom. The molecule has 1 aromatic carbocycles. The standard InChI is InChI=1S/C13H20N2O/c1-15-9-7-13(8-10-15,11-16-14)12-5-3-2-4-6-12/h2-6H,7-11,14H2,1H3. The molecule has 0 radical (unpaired) electrons. The van der Waals surface area contributed by atoms with E-state index in [1.807, 2.05) is 0 Å². The van der Waals surface area contributed by atoms with E-state index >= 15 is 0 Å². The second-order valence-electron chi connectivity index (χ2n) is 4.76. The molecular formula is C13H20N2O. The van der Waals surface area contributed by atoms with Crippen LogP contribution in [0.5, 0.6) is 0 Å². The van der Waals surface area contributed by atoms with Gasteiger partial charge in [0.05, 0.1) is 6.61 Å². The molecule has 1 fully saturated rings. The van der Waals surface area contributed by atoms with Gasteiger partial charge >= 0.3 is 0 Å². The molecule has 0 aliphatic carbocycles. The highest BCUT2D eigenvalue weighted by Gasteiger charge is 2.35. The normalized spacial score (nSPS) is 20.9. The summed E-state index contributed by atoms with van der Waals surface area (Å²) in [5, 5.41) is 0. The van der Waals surface area contributed by atoms with Crippen LogP contribution in [0.4, 0.5) is 0 Å². The van der Waals surface area contributed by atoms with Gasteiger partial charge < -0.3 is 9.74 Å². The average Bonchev–Trinajstić information content (AvgIpc) is 2.34. The molecule has 3 heteroatoms. The zero-order valence-corrected chi connectivity index (χ0v) is 9.86. The zero-order chi connectivity index (χ0) is 11.4. The van der Waals surface area contributed by atoms with Gasteiger partial charge in [-0.3, -0.25) is 0 Å². The van der Waals surface area contributed by atoms with E-state index < -0.39 is 0 Å². The highest BCUT2D eigenvalue weighted by molar-refractivity contribution is 5.26. The molecule has 0 aromatic heterocycles. The fourth-order valence-electron chi connectivity index (χ4n) is 2.51. The molecule has 2 N–H and O–H groups in total. The van der Waals surface area contributed by atoms with Gasteiger partial charge in [-0.05, 0) is 38.5 Å². The van der Waals surface area contributed by atoms with Gasteiger partial charge in [-0.1, -0.05) is 30.3 Å². The summed E-state index contributed by atoms with van der Waals surface area (Å²) < 4.78 is 0. The maximum atomic E-state index is 5.30. The molecule has 2 rings (SSSR count). The number of rotatable bonds is 3. The number of piperidine rings is 1. The lowest BCUT2D eigenvalue weighted by Crippen LogP contribution is -2.44. The highest BCUT2D eigenvalue weighted by atomic mass is 16.6. The van der Waals surface area contributed by atoms with Gasteiger partial charge in [0.2, 0.25) is 0 Å². The minimum atomic E-state index is 0.114. The molecule has 3 nitrogen and oxygen atoms in total. The van der Waals surface area contributed by atoms with Crippen molar-refractivity contribution in [3.63, 3.8) is 0 Å². The SMILES string of the molecule is CN1CCC(CON)(c2ccccc2)CC1. The van der Waals surface area contributed by atoms with Gasteiger partial charge in [0.1, 0.15) is 0 Å². The number of hydrogen-bond acceptors (Lipinski definition) is 3. The van der Waals surface area contributed by atoms with Crippen molar-refractivity contribution in [2.45, 2.75) is 18.3 Å². The van der Waals surface area contributed by atoms with E-state index in [1.165, 1.54) is 5.56 Å². The summed E-state index contributed by atoms with van der Waals surface area (Å²) >= 11 is 0. The van der Waals surface area contributed by atoms with Crippen LogP contribution in [0.15, 0.2) is 30.3 Å². The Balaban J connectivity index is 2.22. The first-order chi connectivity index (χ1) is 7.77. The fourth-order valence-corrected chi connectivity index (χ4v) is 2.51. The van der Waals surface area contributed by atoms with Crippen LogP contribution < -0.4 is 5.90 Å². The van der Waals surface area contributed by atoms with Crippen molar-refractivity contribution in [1.82, 2.24) is 4.90 Å². The topological polar surface area (TPSA) is 38.5 Å². The van der Waals surface area contributed by atoms with Crippen LogP contribution in [-0.2, 0) is 10.3 Å². The van der Waals surface area contributed by atoms with Crippen molar-refractivity contribution in [3.8, 4) is 0 Å². The second-order valence-corrected chi connectivity index (χ2v) is 4.76. The lowest BCUT2D eigenvalue weighted by Gasteiger charge is -2.40. The van der Waals surface area contributed by atoms with Crippen molar-refractivity contribution < 1.29 is 4.84 Å². The summed E-state index contributed by atoms with van der Waals surface area (Å²) in [5.41, 5.74) is 1.47. The van der Waals surface area contributed by atoms with Crippen molar-refractivity contribution in [3.05, 3.63) is 35.9 Å². The largest absolute Gasteiger partial charge is 0.306 e. The number of nitrogens with zero attached hydrogens (tertiary/aromatic N) is 1. The van der Waals surface area contributed by atoms with E-state index in [9.17, 15) is 0 Å². The summed E-state index contributed by atoms with van der Waals surface area (Å²) in [5.74, 6) is 5.30. The molecule has 88 valence electrons. The van der Waals surface area contributed by atoms with Gasteiger partial charge in [0.15, 0.2) is 0 Å². The number of nitrogens with two attached hydrogens (primary N) is 1. The molecule has 0 saturated carbocycles. The number of likely N-dealkylation sites (tertiary alicyclic amines) is 1. The third kappa shape index (κ3) is 2.26. The summed E-state index contributed by atoms with van der Waals surface area (Å²) in [6.45, 7) is 2.83. The van der Waals surface area contributed by atoms with Gasteiger partial charge in [0.25, 0.3) is 0 Å². The van der Waals surface area contributed by atoms with Crippen molar-refractivity contribution in [1.29, 1.82) is 0 Å². The van der Waals surface area contributed by atoms with Gasteiger partial charge in [-0.2, -0.15) is 0 Å². The third-order valence-electron chi connectivity index (χ3n) is 3.69. The average molecular weight is 220 g/mol. The maximum Gasteiger partial charge on any atom is 0.0776 e. The fraction of sp³-hybridized carbons (Fsp3) is 0.538. The summed E-state index contributed by atoms with van der Waals surface area (Å²) in [6.07, 6.45) is 2.23. The van der Waals surface area contributed by atoms with E-state index in [0.29, 0.717) is 6.61 Å². The minimum absolute atomic E-state index is 0.114. The first kappa shape index (κ1) is 11.6. The van der Waals surface area contributed by atoms with Crippen molar-refractivity contribution in [2.24, 2.45) is 5.90 Å². The summed E-state index contributed by atoms with van der Waals surface area (Å²) in [6, 6.07) is 10.6. The molecule has 1 saturated heterocycles. The van der Waals surface area contributed by atoms with Gasteiger partial charge in [-0.15, -0.1) is 0 Å². The zero-order valence-electron chi connectivity index (χ0n) is 9.86. The van der Waals surface area contributed by atoms with E-state index in [2.05, 4.69) is 42.3 Å². The van der Waals surface area contributed by atoms with Crippen LogP contribution in [0.3, 0.4) is 0 Å². The van der Waals surface area contributed by atoms with Crippen LogP contribution in [0.25, 0.3) is 0 Å². The molecule has 0 unspecified atom stereocenters. The van der Waals surface area contributed by atoms with Crippen LogP contribution in [0.2, 0.25) is 0 Å². The Labute approximate surface area is 97.1 Å². The lowest BCUT2D eigenvalue weighted by atomic mass is 9.73. The predicted molar refractivity (Wildman–Crippen MR) is 65.0 cm³/mol. The van der Waals surface area contributed by atoms with E-state index in [1.54, 1.807) is 0 Å². The van der Waals surface area contributed by atoms with Crippen LogP contribution in [0.1, 0.15) is 18.4 Å². The summed E-state index contributed by atoms with van der Waals surface area (Å²) in [4.78, 5) is 7.31. The van der Waals surface area contributed by atoms with Crippen molar-refractivity contribution >= 4 is 0 Å². The van der Waals surface area contributed by atoms with E-state index in [0.717, 1.165) is 25.9 Å². The lowest BCUT2D eigenvalue weighted by molar-refractivity contribution is 0.0498. The molecule has 0 amide bonds. The molecule has 0 spiro atoms. The number of hydrogen-bond donors (Lipinski definition) is 1. The molecule has 1 aliphatic heterocycles. The Hall–Kier alpha value is -0.900. The molecule has 1 aliphatic rings. The van der Waals surface area contributed by atoms with E-state index in [4.69, 9.17) is 10.7 Å². The maximum absolute atomic E-state index is 5.30. The Kier molecular flexibility index (Phi) is 3.59. The van der Waals surface area contributed by atoms with Gasteiger partial charge in [-0.25, -0.2) is 5.90 Å². The first-order valence-corrected chi connectivity index (χ1v) is 5.83. The highest BCUT2D eigenvalue weighted by Crippen LogP contribution is 2.35. The molecule has 16 heavy (non-hydrogen) atoms. The molecule has 0 bridgehead atoms. The second kappa shape index (κ2) is 4.95. The summed E-state index contributed by atoms with van der Waals surface area (Å²) in [7, 11) is 2.16. The Bertz CT molecular complexity index is 318. The van der Waals surface area contributed by atoms with Crippen molar-refractivity contribution in [2.75, 3.05) is 26.7 Å². The molecular weight excluding hydrogens is 200 g/mol. The van der Waals surface area contributed by atoms with E-state index in [-0.39, 0.29) is 5.41 Å². The van der Waals surface area contributed by atoms with Crippen LogP contribution in [-0.4, -0.2) is 31.6 Å². The Morgan fingerprint density at radius 2 is 1.88 bits per heavy atom. The Morgan fingerprint density at radius 1 is 1.25 bits per heavy atom. The monoisotopic (exact) mass is 220 g/mol. The smallest absolute Gasteiger partial charge is 0.0776 e. The number of benzene rings is 1. The quantitative estimate of drug-likeness (QED) is 0.785. The minimum Gasteiger partial charge on any atom is -0.306 e.